The van der Waals surface area contributed by atoms with Gasteiger partial charge in [0.1, 0.15) is 17.3 Å². The normalized spacial score (nSPS) is 10.9. The Morgan fingerprint density at radius 2 is 1.80 bits per heavy atom. The molecule has 0 fully saturated rings. The van der Waals surface area contributed by atoms with E-state index in [-0.39, 0.29) is 0 Å². The highest BCUT2D eigenvalue weighted by molar-refractivity contribution is 5.76. The van der Waals surface area contributed by atoms with Crippen LogP contribution >= 0.6 is 0 Å². The Morgan fingerprint density at radius 1 is 1.10 bits per heavy atom. The Balaban J connectivity index is 2.18. The number of anilines is 1. The van der Waals surface area contributed by atoms with Crippen molar-refractivity contribution in [1.29, 1.82) is 0 Å². The second-order valence-electron chi connectivity index (χ2n) is 4.90. The molecule has 0 saturated carbocycles. The Kier molecular flexibility index (Phi) is 2.82. The molecular formula is C15H17N5. The highest BCUT2D eigenvalue weighted by Gasteiger charge is 2.18. The van der Waals surface area contributed by atoms with Crippen LogP contribution in [-0.2, 0) is 14.1 Å². The molecule has 0 radical (unpaired) electrons. The average Bonchev–Trinajstić information content (AvgIpc) is 2.92. The van der Waals surface area contributed by atoms with E-state index >= 15 is 0 Å². The molecule has 2 N–H and O–H groups in total. The number of nitrogens with two attached hydrogens (primary N) is 1. The zero-order valence-electron chi connectivity index (χ0n) is 11.8. The van der Waals surface area contributed by atoms with Crippen LogP contribution in [-0.4, -0.2) is 19.3 Å². The van der Waals surface area contributed by atoms with Gasteiger partial charge in [-0.2, -0.15) is 5.10 Å². The number of benzene rings is 1. The molecule has 1 aromatic carbocycles. The van der Waals surface area contributed by atoms with Crippen LogP contribution in [0.25, 0.3) is 22.6 Å². The molecule has 0 atom stereocenters. The fourth-order valence-electron chi connectivity index (χ4n) is 2.39. The van der Waals surface area contributed by atoms with Crippen molar-refractivity contribution in [2.75, 3.05) is 5.73 Å². The Labute approximate surface area is 117 Å². The molecule has 5 nitrogen and oxygen atoms in total. The largest absolute Gasteiger partial charge is 0.383 e. The van der Waals surface area contributed by atoms with Crippen molar-refractivity contribution in [3.8, 4) is 22.6 Å². The standard InChI is InChI=1S/C15H17N5/c1-10-12(9-19(2)18-10)13-14(16)20(3)15(17-13)11-7-5-4-6-8-11/h4-9H,16H2,1-3H3. The number of rotatable bonds is 2. The molecule has 0 aliphatic rings. The molecule has 0 saturated heterocycles. The first kappa shape index (κ1) is 12.5. The van der Waals surface area contributed by atoms with Crippen LogP contribution in [0.15, 0.2) is 36.5 Å². The summed E-state index contributed by atoms with van der Waals surface area (Å²) < 4.78 is 3.69. The highest BCUT2D eigenvalue weighted by Crippen LogP contribution is 2.31. The van der Waals surface area contributed by atoms with Gasteiger partial charge in [-0.1, -0.05) is 30.3 Å². The zero-order valence-corrected chi connectivity index (χ0v) is 11.8. The molecule has 2 heterocycles. The summed E-state index contributed by atoms with van der Waals surface area (Å²) in [6.07, 6.45) is 1.95. The summed E-state index contributed by atoms with van der Waals surface area (Å²) in [5.41, 5.74) is 9.96. The number of aryl methyl sites for hydroxylation is 2. The van der Waals surface area contributed by atoms with Gasteiger partial charge in [0.25, 0.3) is 0 Å². The van der Waals surface area contributed by atoms with Gasteiger partial charge in [-0.15, -0.1) is 0 Å². The number of aromatic nitrogens is 4. The Morgan fingerprint density at radius 3 is 2.40 bits per heavy atom. The number of nitrogens with zero attached hydrogens (tertiary/aromatic N) is 4. The van der Waals surface area contributed by atoms with Crippen LogP contribution in [0, 0.1) is 6.92 Å². The molecule has 3 aromatic rings. The maximum absolute atomic E-state index is 6.21. The van der Waals surface area contributed by atoms with Crippen LogP contribution in [0.5, 0.6) is 0 Å². The van der Waals surface area contributed by atoms with E-state index in [4.69, 9.17) is 10.7 Å². The van der Waals surface area contributed by atoms with Crippen LogP contribution in [0.2, 0.25) is 0 Å². The summed E-state index contributed by atoms with van der Waals surface area (Å²) >= 11 is 0. The van der Waals surface area contributed by atoms with Crippen molar-refractivity contribution in [2.45, 2.75) is 6.92 Å². The number of hydrogen-bond donors (Lipinski definition) is 1. The van der Waals surface area contributed by atoms with Gasteiger partial charge in [-0.25, -0.2) is 4.98 Å². The minimum atomic E-state index is 0.653. The van der Waals surface area contributed by atoms with Crippen molar-refractivity contribution in [3.05, 3.63) is 42.2 Å². The zero-order chi connectivity index (χ0) is 14.3. The third-order valence-corrected chi connectivity index (χ3v) is 3.44. The molecule has 0 amide bonds. The van der Waals surface area contributed by atoms with E-state index in [1.165, 1.54) is 0 Å². The summed E-state index contributed by atoms with van der Waals surface area (Å²) in [6.45, 7) is 1.96. The average molecular weight is 267 g/mol. The third kappa shape index (κ3) is 1.87. The van der Waals surface area contributed by atoms with E-state index in [9.17, 15) is 0 Å². The maximum atomic E-state index is 6.21. The van der Waals surface area contributed by atoms with E-state index in [2.05, 4.69) is 5.10 Å². The topological polar surface area (TPSA) is 61.7 Å². The van der Waals surface area contributed by atoms with Crippen molar-refractivity contribution in [2.24, 2.45) is 14.1 Å². The van der Waals surface area contributed by atoms with Crippen molar-refractivity contribution < 1.29 is 0 Å². The van der Waals surface area contributed by atoms with Crippen LogP contribution in [0.4, 0.5) is 5.82 Å². The quantitative estimate of drug-likeness (QED) is 0.775. The summed E-state index contributed by atoms with van der Waals surface area (Å²) in [4.78, 5) is 4.71. The lowest BCUT2D eigenvalue weighted by atomic mass is 10.2. The third-order valence-electron chi connectivity index (χ3n) is 3.44. The van der Waals surface area contributed by atoms with E-state index in [1.54, 1.807) is 4.68 Å². The fraction of sp³-hybridized carbons (Fsp3) is 0.200. The molecule has 20 heavy (non-hydrogen) atoms. The molecule has 0 unspecified atom stereocenters. The lowest BCUT2D eigenvalue weighted by molar-refractivity contribution is 0.756. The lowest BCUT2D eigenvalue weighted by Gasteiger charge is -2.02. The van der Waals surface area contributed by atoms with E-state index in [1.807, 2.05) is 62.1 Å². The number of imidazole rings is 1. The predicted molar refractivity (Wildman–Crippen MR) is 80.0 cm³/mol. The summed E-state index contributed by atoms with van der Waals surface area (Å²) in [5, 5.41) is 4.35. The van der Waals surface area contributed by atoms with Gasteiger partial charge in [0.2, 0.25) is 0 Å². The van der Waals surface area contributed by atoms with Gasteiger partial charge in [0, 0.05) is 31.4 Å². The smallest absolute Gasteiger partial charge is 0.142 e. The van der Waals surface area contributed by atoms with Crippen LogP contribution < -0.4 is 5.73 Å². The lowest BCUT2D eigenvalue weighted by Crippen LogP contribution is -1.98. The summed E-state index contributed by atoms with van der Waals surface area (Å²) in [6, 6.07) is 10.0. The molecule has 2 aromatic heterocycles. The summed E-state index contributed by atoms with van der Waals surface area (Å²) in [5.74, 6) is 1.52. The summed E-state index contributed by atoms with van der Waals surface area (Å²) in [7, 11) is 3.83. The Hall–Kier alpha value is -2.56. The second-order valence-corrected chi connectivity index (χ2v) is 4.90. The van der Waals surface area contributed by atoms with Crippen molar-refractivity contribution >= 4 is 5.82 Å². The molecule has 0 aliphatic carbocycles. The van der Waals surface area contributed by atoms with Crippen LogP contribution in [0.3, 0.4) is 0 Å². The monoisotopic (exact) mass is 267 g/mol. The van der Waals surface area contributed by atoms with Crippen LogP contribution in [0.1, 0.15) is 5.69 Å². The fourth-order valence-corrected chi connectivity index (χ4v) is 2.39. The number of nitrogen functional groups attached to an aromatic ring is 1. The molecule has 0 bridgehead atoms. The van der Waals surface area contributed by atoms with E-state index < -0.39 is 0 Å². The van der Waals surface area contributed by atoms with Gasteiger partial charge in [0.05, 0.1) is 5.69 Å². The first-order chi connectivity index (χ1) is 9.58. The van der Waals surface area contributed by atoms with Crippen molar-refractivity contribution in [1.82, 2.24) is 19.3 Å². The first-order valence-electron chi connectivity index (χ1n) is 6.46. The second kappa shape index (κ2) is 4.52. The maximum Gasteiger partial charge on any atom is 0.142 e. The van der Waals surface area contributed by atoms with Gasteiger partial charge in [-0.3, -0.25) is 4.68 Å². The molecule has 3 rings (SSSR count). The SMILES string of the molecule is Cc1nn(C)cc1-c1nc(-c2ccccc2)n(C)c1N. The van der Waals surface area contributed by atoms with Gasteiger partial charge < -0.3 is 10.3 Å². The number of hydrogen-bond acceptors (Lipinski definition) is 3. The van der Waals surface area contributed by atoms with E-state index in [0.717, 1.165) is 28.3 Å². The molecule has 0 aliphatic heterocycles. The van der Waals surface area contributed by atoms with Gasteiger partial charge in [-0.05, 0) is 6.92 Å². The van der Waals surface area contributed by atoms with Gasteiger partial charge in [0.15, 0.2) is 0 Å². The molecule has 0 spiro atoms. The molecule has 102 valence electrons. The Bertz CT molecular complexity index is 752. The minimum absolute atomic E-state index is 0.653. The van der Waals surface area contributed by atoms with Crippen molar-refractivity contribution in [3.63, 3.8) is 0 Å². The highest BCUT2D eigenvalue weighted by atomic mass is 15.3. The minimum Gasteiger partial charge on any atom is -0.383 e. The first-order valence-corrected chi connectivity index (χ1v) is 6.46. The van der Waals surface area contributed by atoms with E-state index in [0.29, 0.717) is 5.82 Å². The predicted octanol–water partition coefficient (Wildman–Crippen LogP) is 2.38. The molecule has 5 heteroatoms. The molecular weight excluding hydrogens is 250 g/mol. The van der Waals surface area contributed by atoms with Gasteiger partial charge >= 0.3 is 0 Å².